The molecule has 5 heteroatoms. The van der Waals surface area contributed by atoms with Gasteiger partial charge in [0.2, 0.25) is 0 Å². The van der Waals surface area contributed by atoms with E-state index in [9.17, 15) is 5.26 Å². The van der Waals surface area contributed by atoms with E-state index in [1.165, 1.54) is 12.8 Å². The van der Waals surface area contributed by atoms with Crippen molar-refractivity contribution < 1.29 is 0 Å². The number of likely N-dealkylation sites (tertiary alicyclic amines) is 1. The summed E-state index contributed by atoms with van der Waals surface area (Å²) in [4.78, 5) is 6.79. The van der Waals surface area contributed by atoms with Gasteiger partial charge >= 0.3 is 0 Å². The van der Waals surface area contributed by atoms with E-state index in [1.54, 1.807) is 6.20 Å². The highest BCUT2D eigenvalue weighted by atomic mass is 15.3. The van der Waals surface area contributed by atoms with E-state index in [4.69, 9.17) is 0 Å². The first-order chi connectivity index (χ1) is 11.3. The van der Waals surface area contributed by atoms with E-state index in [0.717, 1.165) is 35.6 Å². The van der Waals surface area contributed by atoms with Crippen LogP contribution in [0.1, 0.15) is 12.8 Å². The standard InChI is InChI=1S/C18H21N5/c19-7-14(9-21-15-11-23(12-15)16-5-6-16)22-18-10-20-8-13-3-1-2-4-17(13)18/h1-4,8,10,14-16,21-22H,5-6,9,11-12H2. The van der Waals surface area contributed by atoms with Gasteiger partial charge in [-0.1, -0.05) is 24.3 Å². The van der Waals surface area contributed by atoms with E-state index in [2.05, 4.69) is 32.7 Å². The third kappa shape index (κ3) is 3.14. The second-order valence-corrected chi connectivity index (χ2v) is 6.52. The molecule has 1 aromatic carbocycles. The number of aromatic nitrogens is 1. The van der Waals surface area contributed by atoms with Gasteiger partial charge < -0.3 is 10.6 Å². The Morgan fingerprint density at radius 1 is 1.26 bits per heavy atom. The maximum absolute atomic E-state index is 9.43. The Morgan fingerprint density at radius 2 is 2.09 bits per heavy atom. The van der Waals surface area contributed by atoms with E-state index in [-0.39, 0.29) is 6.04 Å². The fourth-order valence-corrected chi connectivity index (χ4v) is 3.21. The van der Waals surface area contributed by atoms with Crippen LogP contribution < -0.4 is 10.6 Å². The number of hydrogen-bond donors (Lipinski definition) is 2. The largest absolute Gasteiger partial charge is 0.367 e. The smallest absolute Gasteiger partial charge is 0.127 e. The van der Waals surface area contributed by atoms with Crippen LogP contribution in [0.3, 0.4) is 0 Å². The highest BCUT2D eigenvalue weighted by Gasteiger charge is 2.37. The van der Waals surface area contributed by atoms with E-state index in [0.29, 0.717) is 12.6 Å². The Bertz CT molecular complexity index is 722. The van der Waals surface area contributed by atoms with Gasteiger partial charge in [0, 0.05) is 48.7 Å². The van der Waals surface area contributed by atoms with Gasteiger partial charge in [-0.15, -0.1) is 0 Å². The van der Waals surface area contributed by atoms with E-state index < -0.39 is 0 Å². The molecule has 0 spiro atoms. The summed E-state index contributed by atoms with van der Waals surface area (Å²) in [6, 6.07) is 11.6. The Balaban J connectivity index is 1.35. The molecule has 2 heterocycles. The van der Waals surface area contributed by atoms with E-state index in [1.807, 2.05) is 24.4 Å². The third-order valence-corrected chi connectivity index (χ3v) is 4.74. The normalized spacial score (nSPS) is 20.0. The van der Waals surface area contributed by atoms with Crippen molar-refractivity contribution in [3.05, 3.63) is 36.7 Å². The topological polar surface area (TPSA) is 64.0 Å². The molecule has 1 saturated heterocycles. The van der Waals surface area contributed by atoms with Gasteiger partial charge in [-0.3, -0.25) is 9.88 Å². The van der Waals surface area contributed by atoms with Gasteiger partial charge in [0.15, 0.2) is 0 Å². The molecule has 23 heavy (non-hydrogen) atoms. The number of benzene rings is 1. The van der Waals surface area contributed by atoms with Crippen molar-refractivity contribution >= 4 is 16.5 Å². The molecule has 1 unspecified atom stereocenters. The summed E-state index contributed by atoms with van der Waals surface area (Å²) in [5.41, 5.74) is 0.921. The molecule has 1 aliphatic carbocycles. The Hall–Kier alpha value is -2.16. The lowest BCUT2D eigenvalue weighted by Crippen LogP contribution is -2.59. The predicted octanol–water partition coefficient (Wildman–Crippen LogP) is 1.98. The zero-order valence-corrected chi connectivity index (χ0v) is 13.1. The monoisotopic (exact) mass is 307 g/mol. The molecule has 5 nitrogen and oxygen atoms in total. The molecule has 1 atom stereocenters. The Labute approximate surface area is 136 Å². The SMILES string of the molecule is N#CC(CNC1CN(C2CC2)C1)Nc1cncc2ccccc12. The number of nitriles is 1. The predicted molar refractivity (Wildman–Crippen MR) is 91.2 cm³/mol. The zero-order valence-electron chi connectivity index (χ0n) is 13.1. The lowest BCUT2D eigenvalue weighted by Gasteiger charge is -2.40. The fourth-order valence-electron chi connectivity index (χ4n) is 3.21. The van der Waals surface area contributed by atoms with Crippen molar-refractivity contribution in [1.82, 2.24) is 15.2 Å². The molecule has 0 amide bonds. The highest BCUT2D eigenvalue weighted by molar-refractivity contribution is 5.92. The molecule has 2 N–H and O–H groups in total. The second kappa shape index (κ2) is 6.15. The van der Waals surface area contributed by atoms with Crippen LogP contribution >= 0.6 is 0 Å². The van der Waals surface area contributed by atoms with Crippen LogP contribution in [0, 0.1) is 11.3 Å². The summed E-state index contributed by atoms with van der Waals surface area (Å²) in [7, 11) is 0. The van der Waals surface area contributed by atoms with Crippen LogP contribution in [0.4, 0.5) is 5.69 Å². The first-order valence-corrected chi connectivity index (χ1v) is 8.30. The molecule has 1 aromatic heterocycles. The Morgan fingerprint density at radius 3 is 2.87 bits per heavy atom. The average Bonchev–Trinajstić information content (AvgIpc) is 3.37. The number of hydrogen-bond acceptors (Lipinski definition) is 5. The number of nitrogens with one attached hydrogen (secondary N) is 2. The first-order valence-electron chi connectivity index (χ1n) is 8.30. The van der Waals surface area contributed by atoms with Crippen molar-refractivity contribution in [3.63, 3.8) is 0 Å². The average molecular weight is 307 g/mol. The first kappa shape index (κ1) is 14.4. The summed E-state index contributed by atoms with van der Waals surface area (Å²) >= 11 is 0. The molecular formula is C18H21N5. The molecule has 1 aliphatic heterocycles. The minimum absolute atomic E-state index is 0.252. The number of fused-ring (bicyclic) bond motifs is 1. The van der Waals surface area contributed by atoms with Crippen molar-refractivity contribution in [2.24, 2.45) is 0 Å². The molecule has 2 aromatic rings. The fraction of sp³-hybridized carbons (Fsp3) is 0.444. The minimum Gasteiger partial charge on any atom is -0.367 e. The summed E-state index contributed by atoms with van der Waals surface area (Å²) in [6.45, 7) is 2.90. The maximum Gasteiger partial charge on any atom is 0.127 e. The van der Waals surface area contributed by atoms with E-state index >= 15 is 0 Å². The van der Waals surface area contributed by atoms with Crippen molar-refractivity contribution in [2.75, 3.05) is 25.0 Å². The van der Waals surface area contributed by atoms with Crippen LogP contribution in [0.15, 0.2) is 36.7 Å². The summed E-state index contributed by atoms with van der Waals surface area (Å²) in [5.74, 6) is 0. The van der Waals surface area contributed by atoms with Gasteiger partial charge in [0.1, 0.15) is 6.04 Å². The number of anilines is 1. The summed E-state index contributed by atoms with van der Waals surface area (Å²) in [6.07, 6.45) is 6.37. The molecule has 1 saturated carbocycles. The second-order valence-electron chi connectivity index (χ2n) is 6.52. The Kier molecular flexibility index (Phi) is 3.86. The summed E-state index contributed by atoms with van der Waals surface area (Å²) < 4.78 is 0. The lowest BCUT2D eigenvalue weighted by molar-refractivity contribution is 0.118. The quantitative estimate of drug-likeness (QED) is 0.854. The van der Waals surface area contributed by atoms with Crippen molar-refractivity contribution in [1.29, 1.82) is 5.26 Å². The van der Waals surface area contributed by atoms with Gasteiger partial charge in [0.25, 0.3) is 0 Å². The minimum atomic E-state index is -0.252. The van der Waals surface area contributed by atoms with Crippen LogP contribution in [-0.4, -0.2) is 47.6 Å². The number of pyridine rings is 1. The van der Waals surface area contributed by atoms with Gasteiger partial charge in [-0.25, -0.2) is 0 Å². The lowest BCUT2D eigenvalue weighted by atomic mass is 10.1. The molecule has 0 bridgehead atoms. The van der Waals surface area contributed by atoms with Crippen LogP contribution in [-0.2, 0) is 0 Å². The third-order valence-electron chi connectivity index (χ3n) is 4.74. The van der Waals surface area contributed by atoms with Crippen LogP contribution in [0.2, 0.25) is 0 Å². The number of rotatable bonds is 6. The van der Waals surface area contributed by atoms with Gasteiger partial charge in [0.05, 0.1) is 18.0 Å². The van der Waals surface area contributed by atoms with Crippen LogP contribution in [0.25, 0.3) is 10.8 Å². The van der Waals surface area contributed by atoms with Gasteiger partial charge in [-0.2, -0.15) is 5.26 Å². The van der Waals surface area contributed by atoms with Gasteiger partial charge in [-0.05, 0) is 12.8 Å². The molecular weight excluding hydrogens is 286 g/mol. The number of nitrogens with zero attached hydrogens (tertiary/aromatic N) is 3. The molecule has 0 radical (unpaired) electrons. The molecule has 2 fully saturated rings. The van der Waals surface area contributed by atoms with Crippen LogP contribution in [0.5, 0.6) is 0 Å². The van der Waals surface area contributed by atoms with Crippen molar-refractivity contribution in [3.8, 4) is 6.07 Å². The van der Waals surface area contributed by atoms with Crippen molar-refractivity contribution in [2.45, 2.75) is 31.0 Å². The highest BCUT2D eigenvalue weighted by Crippen LogP contribution is 2.30. The zero-order chi connectivity index (χ0) is 15.6. The molecule has 2 aliphatic rings. The molecule has 4 rings (SSSR count). The summed E-state index contributed by atoms with van der Waals surface area (Å²) in [5, 5.41) is 18.4. The molecule has 118 valence electrons. The maximum atomic E-state index is 9.43.